The second-order valence-electron chi connectivity index (χ2n) is 15.2. The molecule has 1 aliphatic carbocycles. The van der Waals surface area contributed by atoms with Crippen molar-refractivity contribution in [3.05, 3.63) is 93.9 Å². The van der Waals surface area contributed by atoms with E-state index in [2.05, 4.69) is 57.8 Å². The van der Waals surface area contributed by atoms with E-state index < -0.39 is 11.9 Å². The lowest BCUT2D eigenvalue weighted by atomic mass is 9.85. The molecule has 1 aromatic carbocycles. The molecule has 1 unspecified atom stereocenters. The van der Waals surface area contributed by atoms with Crippen LogP contribution in [0.15, 0.2) is 54.9 Å². The van der Waals surface area contributed by atoms with E-state index in [1.807, 2.05) is 23.1 Å². The topological polar surface area (TPSA) is 172 Å². The molecule has 3 N–H and O–H groups in total. The third-order valence-corrected chi connectivity index (χ3v) is 11.9. The highest BCUT2D eigenvalue weighted by Crippen LogP contribution is 2.31. The maximum absolute atomic E-state index is 15.3. The molecule has 3 aromatic heterocycles. The molecule has 3 amide bonds. The third-order valence-electron chi connectivity index (χ3n) is 11.6. The van der Waals surface area contributed by atoms with Gasteiger partial charge in [-0.15, -0.1) is 0 Å². The summed E-state index contributed by atoms with van der Waals surface area (Å²) in [7, 11) is 0. The minimum Gasteiger partial charge on any atom is -0.369 e. The van der Waals surface area contributed by atoms with Crippen LogP contribution in [0.4, 0.5) is 27.5 Å². The minimum atomic E-state index is -0.853. The third kappa shape index (κ3) is 8.67. The summed E-state index contributed by atoms with van der Waals surface area (Å²) in [6.07, 6.45) is 6.62. The molecule has 4 aliphatic rings. The molecular weight excluding hydrogens is 749 g/mol. The molecule has 3 aliphatic heterocycles. The van der Waals surface area contributed by atoms with Crippen LogP contribution in [0.1, 0.15) is 77.2 Å². The van der Waals surface area contributed by atoms with E-state index in [0.29, 0.717) is 55.5 Å². The number of carbonyl (C=O) groups excluding carboxylic acids is 3. The van der Waals surface area contributed by atoms with Gasteiger partial charge in [0.15, 0.2) is 0 Å². The van der Waals surface area contributed by atoms with Crippen LogP contribution >= 0.6 is 11.6 Å². The molecule has 2 saturated heterocycles. The number of piperidine rings is 1. The smallest absolute Gasteiger partial charge is 0.256 e. The van der Waals surface area contributed by atoms with E-state index >= 15 is 4.39 Å². The van der Waals surface area contributed by atoms with Gasteiger partial charge in [-0.1, -0.05) is 23.7 Å². The molecule has 0 spiro atoms. The Labute approximate surface area is 334 Å². The van der Waals surface area contributed by atoms with Crippen molar-refractivity contribution in [2.24, 2.45) is 5.92 Å². The molecule has 57 heavy (non-hydrogen) atoms. The molecule has 3 fully saturated rings. The van der Waals surface area contributed by atoms with Crippen molar-refractivity contribution >= 4 is 52.5 Å². The number of rotatable bonds is 9. The quantitative estimate of drug-likeness (QED) is 0.155. The highest BCUT2D eigenvalue weighted by atomic mass is 35.5. The maximum Gasteiger partial charge on any atom is 0.256 e. The number of halogens is 2. The zero-order valence-corrected chi connectivity index (χ0v) is 32.1. The van der Waals surface area contributed by atoms with Crippen LogP contribution in [0.5, 0.6) is 0 Å². The standard InChI is InChI=1S/C41H43ClFN11O3/c42-37-27(21-44)5-13-35(50-37)54-16-15-31-33(23-54)45-24-46-39(31)49-34-12-10-32(38(43)48-34)41(57)47-28-6-1-25(2-7-28)22-52-17-19-53(20-18-52)29-8-3-26(4-9-29)30-11-14-36(55)51-40(30)56/h3-5,8-10,12-13,24-25,28,30H,1-2,6-7,11,14-20,22-23H2,(H,47,57)(H,51,55,56)(H,45,46,48,49)/t25-,28-,30?. The number of hydrogen-bond acceptors (Lipinski definition) is 12. The number of imide groups is 1. The van der Waals surface area contributed by atoms with Crippen molar-refractivity contribution < 1.29 is 18.8 Å². The van der Waals surface area contributed by atoms with E-state index in [4.69, 9.17) is 16.9 Å². The van der Waals surface area contributed by atoms with Gasteiger partial charge in [0.2, 0.25) is 17.8 Å². The average molecular weight is 792 g/mol. The Morgan fingerprint density at radius 1 is 0.912 bits per heavy atom. The van der Waals surface area contributed by atoms with Gasteiger partial charge in [0.1, 0.15) is 35.0 Å². The number of benzene rings is 1. The van der Waals surface area contributed by atoms with E-state index in [1.54, 1.807) is 18.2 Å². The Morgan fingerprint density at radius 2 is 1.70 bits per heavy atom. The van der Waals surface area contributed by atoms with Crippen LogP contribution in [0, 0.1) is 23.2 Å². The minimum absolute atomic E-state index is 0.0199. The SMILES string of the molecule is N#Cc1ccc(N2CCc3c(ncnc3Nc3ccc(C(=O)N[C@H]4CC[C@H](CN5CCN(c6ccc(C7CCC(=O)NC7=O)cc6)CC5)CC4)c(F)n3)C2)nc1Cl. The number of nitrogens with one attached hydrogen (secondary N) is 3. The fraction of sp³-hybridized carbons (Fsp3) is 0.415. The predicted molar refractivity (Wildman–Crippen MR) is 212 cm³/mol. The van der Waals surface area contributed by atoms with Crippen molar-refractivity contribution in [2.75, 3.05) is 54.4 Å². The predicted octanol–water partition coefficient (Wildman–Crippen LogP) is 4.87. The van der Waals surface area contributed by atoms with Gasteiger partial charge in [-0.25, -0.2) is 19.9 Å². The number of amides is 3. The lowest BCUT2D eigenvalue weighted by molar-refractivity contribution is -0.134. The second-order valence-corrected chi connectivity index (χ2v) is 15.5. The average Bonchev–Trinajstić information content (AvgIpc) is 3.22. The molecule has 14 nitrogen and oxygen atoms in total. The number of fused-ring (bicyclic) bond motifs is 1. The summed E-state index contributed by atoms with van der Waals surface area (Å²) in [4.78, 5) is 61.1. The van der Waals surface area contributed by atoms with Crippen molar-refractivity contribution in [1.82, 2.24) is 35.5 Å². The van der Waals surface area contributed by atoms with Gasteiger partial charge in [0, 0.05) is 63.0 Å². The maximum atomic E-state index is 15.3. The first-order chi connectivity index (χ1) is 27.7. The van der Waals surface area contributed by atoms with E-state index in [-0.39, 0.29) is 40.3 Å². The molecule has 4 aromatic rings. The van der Waals surface area contributed by atoms with Crippen LogP contribution in [0.25, 0.3) is 0 Å². The zero-order valence-electron chi connectivity index (χ0n) is 31.4. The van der Waals surface area contributed by atoms with Gasteiger partial charge in [0.25, 0.3) is 5.91 Å². The molecule has 0 bridgehead atoms. The van der Waals surface area contributed by atoms with Gasteiger partial charge < -0.3 is 20.4 Å². The van der Waals surface area contributed by atoms with Crippen molar-refractivity contribution in [3.63, 3.8) is 0 Å². The number of carbonyl (C=O) groups is 3. The molecule has 294 valence electrons. The van der Waals surface area contributed by atoms with Crippen molar-refractivity contribution in [1.29, 1.82) is 5.26 Å². The molecule has 0 radical (unpaired) electrons. The molecule has 8 rings (SSSR count). The molecule has 1 atom stereocenters. The highest BCUT2D eigenvalue weighted by molar-refractivity contribution is 6.30. The Morgan fingerprint density at radius 3 is 2.42 bits per heavy atom. The van der Waals surface area contributed by atoms with Crippen molar-refractivity contribution in [2.45, 2.75) is 63.5 Å². The molecular formula is C41H43ClFN11O3. The van der Waals surface area contributed by atoms with Crippen LogP contribution < -0.4 is 25.8 Å². The largest absolute Gasteiger partial charge is 0.369 e. The van der Waals surface area contributed by atoms with Gasteiger partial charge in [-0.3, -0.25) is 24.6 Å². The summed E-state index contributed by atoms with van der Waals surface area (Å²) in [5, 5.41) is 17.9. The van der Waals surface area contributed by atoms with Crippen LogP contribution in [-0.4, -0.2) is 87.9 Å². The normalized spacial score (nSPS) is 21.3. The highest BCUT2D eigenvalue weighted by Gasteiger charge is 2.30. The summed E-state index contributed by atoms with van der Waals surface area (Å²) >= 11 is 6.16. The van der Waals surface area contributed by atoms with E-state index in [0.717, 1.165) is 80.9 Å². The Kier molecular flexibility index (Phi) is 11.2. The van der Waals surface area contributed by atoms with Crippen LogP contribution in [0.2, 0.25) is 5.15 Å². The van der Waals surface area contributed by atoms with E-state index in [1.165, 1.54) is 12.4 Å². The zero-order chi connectivity index (χ0) is 39.5. The van der Waals surface area contributed by atoms with Gasteiger partial charge in [-0.05, 0) is 86.4 Å². The summed E-state index contributed by atoms with van der Waals surface area (Å²) < 4.78 is 15.3. The lowest BCUT2D eigenvalue weighted by Gasteiger charge is -2.39. The monoisotopic (exact) mass is 791 g/mol. The number of piperazine rings is 1. The van der Waals surface area contributed by atoms with E-state index in [9.17, 15) is 14.4 Å². The summed E-state index contributed by atoms with van der Waals surface area (Å²) in [6, 6.07) is 16.6. The van der Waals surface area contributed by atoms with Crippen LogP contribution in [0.3, 0.4) is 0 Å². The van der Waals surface area contributed by atoms with Gasteiger partial charge in [0.05, 0.1) is 29.3 Å². The van der Waals surface area contributed by atoms with Gasteiger partial charge >= 0.3 is 0 Å². The first-order valence-electron chi connectivity index (χ1n) is 19.5. The first kappa shape index (κ1) is 38.2. The van der Waals surface area contributed by atoms with Crippen molar-refractivity contribution in [3.8, 4) is 6.07 Å². The molecule has 16 heteroatoms. The van der Waals surface area contributed by atoms with Gasteiger partial charge in [-0.2, -0.15) is 9.65 Å². The fourth-order valence-electron chi connectivity index (χ4n) is 8.37. The second kappa shape index (κ2) is 16.8. The number of nitriles is 1. The number of hydrogen-bond donors (Lipinski definition) is 3. The number of nitrogens with zero attached hydrogens (tertiary/aromatic N) is 8. The first-order valence-corrected chi connectivity index (χ1v) is 19.9. The molecule has 6 heterocycles. The summed E-state index contributed by atoms with van der Waals surface area (Å²) in [6.45, 7) is 5.86. The number of pyridine rings is 2. The fourth-order valence-corrected chi connectivity index (χ4v) is 8.56. The Balaban J connectivity index is 0.781. The summed E-state index contributed by atoms with van der Waals surface area (Å²) in [5.41, 5.74) is 3.96. The molecule has 1 saturated carbocycles. The lowest BCUT2D eigenvalue weighted by Crippen LogP contribution is -2.48. The Hall–Kier alpha value is -5.72. The number of anilines is 4. The van der Waals surface area contributed by atoms with Crippen LogP contribution in [-0.2, 0) is 22.6 Å². The summed E-state index contributed by atoms with van der Waals surface area (Å²) in [5.74, 6) is -0.0644. The number of aromatic nitrogens is 4. The Bertz CT molecular complexity index is 2200.